The Morgan fingerprint density at radius 3 is 2.50 bits per heavy atom. The summed E-state index contributed by atoms with van der Waals surface area (Å²) in [6, 6.07) is 4.89. The summed E-state index contributed by atoms with van der Waals surface area (Å²) < 4.78 is 55.7. The zero-order valence-electron chi connectivity index (χ0n) is 25.5. The first-order valence-corrected chi connectivity index (χ1v) is 14.6. The number of carbonyl (C=O) groups is 3. The van der Waals surface area contributed by atoms with E-state index in [4.69, 9.17) is 23.5 Å². The third kappa shape index (κ3) is 6.59. The predicted octanol–water partition coefficient (Wildman–Crippen LogP) is 4.74. The summed E-state index contributed by atoms with van der Waals surface area (Å²) in [6.07, 6.45) is 0.891. The van der Waals surface area contributed by atoms with Crippen LogP contribution in [0.5, 0.6) is 5.75 Å². The molecule has 42 heavy (non-hydrogen) atoms. The maximum Gasteiger partial charge on any atom is 0.482 e. The number of hydrogen-bond donors (Lipinski definition) is 1. The minimum Gasteiger partial charge on any atom is -0.496 e. The first-order valence-electron chi connectivity index (χ1n) is 14.6. The molecule has 3 saturated carbocycles. The lowest BCUT2D eigenvalue weighted by Gasteiger charge is -2.64. The van der Waals surface area contributed by atoms with Crippen molar-refractivity contribution in [3.63, 3.8) is 0 Å². The van der Waals surface area contributed by atoms with E-state index in [-0.39, 0.29) is 47.5 Å². The highest BCUT2D eigenvalue weighted by Gasteiger charge is 2.68. The van der Waals surface area contributed by atoms with Gasteiger partial charge in [-0.15, -0.1) is 0 Å². The number of para-hydroxylation sites is 1. The van der Waals surface area contributed by atoms with Crippen molar-refractivity contribution < 1.29 is 46.7 Å². The van der Waals surface area contributed by atoms with Crippen LogP contribution in [-0.2, 0) is 34.8 Å². The first kappa shape index (κ1) is 32.2. The first-order chi connectivity index (χ1) is 19.6. The molecule has 0 spiro atoms. The number of benzene rings is 1. The van der Waals surface area contributed by atoms with Crippen LogP contribution in [-0.4, -0.2) is 62.4 Å². The Bertz CT molecular complexity index is 1190. The van der Waals surface area contributed by atoms with Gasteiger partial charge in [-0.2, -0.15) is 0 Å². The number of methoxy groups -OCH3 is 1. The van der Waals surface area contributed by atoms with Crippen LogP contribution in [0.1, 0.15) is 83.1 Å². The number of halogens is 2. The molecule has 2 bridgehead atoms. The fraction of sp³-hybridized carbons (Fsp3) is 0.700. The Morgan fingerprint density at radius 1 is 1.17 bits per heavy atom. The fourth-order valence-corrected chi connectivity index (χ4v) is 6.67. The molecule has 12 heteroatoms. The number of ether oxygens (including phenoxy) is 3. The van der Waals surface area contributed by atoms with Gasteiger partial charge in [0, 0.05) is 12.8 Å². The number of alkyl halides is 2. The zero-order valence-corrected chi connectivity index (χ0v) is 25.5. The van der Waals surface area contributed by atoms with Crippen LogP contribution < -0.4 is 10.1 Å². The van der Waals surface area contributed by atoms with Crippen molar-refractivity contribution in [2.75, 3.05) is 13.9 Å². The molecule has 1 amide bonds. The molecule has 5 rings (SSSR count). The van der Waals surface area contributed by atoms with Gasteiger partial charge in [0.15, 0.2) is 0 Å². The van der Waals surface area contributed by atoms with Crippen molar-refractivity contribution in [3.05, 3.63) is 29.3 Å². The standard InChI is InChI=1S/C30H42BF2NO8/c1-17(2)26(36)39-16-40-27(37)20-10-8-9-18(25(20)38-7)13-23(34-24(35)11-12-29(5,32)33)31-41-22-15-19-14-21(28(19,3)4)30(22,6)42-31/h8-10,17,19,21-23H,11-16H2,1-7H3,(H,34,35). The highest BCUT2D eigenvalue weighted by molar-refractivity contribution is 6.48. The molecule has 1 aliphatic heterocycles. The molecular formula is C30H42BF2NO8. The smallest absolute Gasteiger partial charge is 0.482 e. The summed E-state index contributed by atoms with van der Waals surface area (Å²) in [5, 5.41) is 2.86. The molecule has 4 fully saturated rings. The summed E-state index contributed by atoms with van der Waals surface area (Å²) >= 11 is 0. The molecule has 3 aliphatic carbocycles. The molecule has 9 nitrogen and oxygen atoms in total. The van der Waals surface area contributed by atoms with Gasteiger partial charge in [-0.25, -0.2) is 13.6 Å². The number of rotatable bonds is 12. The highest BCUT2D eigenvalue weighted by atomic mass is 19.3. The molecule has 232 valence electrons. The van der Waals surface area contributed by atoms with E-state index in [1.165, 1.54) is 13.2 Å². The lowest BCUT2D eigenvalue weighted by molar-refractivity contribution is -0.199. The SMILES string of the molecule is COc1c(CC(NC(=O)CCC(C)(F)F)B2OC3CC4CC(C4(C)C)C3(C)O2)cccc1C(=O)OCOC(=O)C(C)C. The van der Waals surface area contributed by atoms with Gasteiger partial charge in [-0.3, -0.25) is 9.59 Å². The summed E-state index contributed by atoms with van der Waals surface area (Å²) in [4.78, 5) is 37.4. The topological polar surface area (TPSA) is 109 Å². The zero-order chi connectivity index (χ0) is 31.0. The molecule has 1 aromatic rings. The van der Waals surface area contributed by atoms with Crippen molar-refractivity contribution >= 4 is 25.0 Å². The average Bonchev–Trinajstić information content (AvgIpc) is 3.27. The molecule has 4 aliphatic rings. The number of nitrogens with one attached hydrogen (secondary N) is 1. The van der Waals surface area contributed by atoms with Gasteiger partial charge in [0.05, 0.1) is 30.7 Å². The van der Waals surface area contributed by atoms with E-state index in [0.717, 1.165) is 19.8 Å². The van der Waals surface area contributed by atoms with Gasteiger partial charge in [-0.05, 0) is 62.0 Å². The molecule has 1 heterocycles. The lowest BCUT2D eigenvalue weighted by atomic mass is 9.43. The Kier molecular flexibility index (Phi) is 9.28. The number of carbonyl (C=O) groups excluding carboxylic acids is 3. The van der Waals surface area contributed by atoms with Crippen LogP contribution in [0.4, 0.5) is 8.78 Å². The Hall–Kier alpha value is -2.73. The summed E-state index contributed by atoms with van der Waals surface area (Å²) in [5.41, 5.74) is 0.207. The molecule has 1 N–H and O–H groups in total. The van der Waals surface area contributed by atoms with Crippen LogP contribution >= 0.6 is 0 Å². The molecule has 5 atom stereocenters. The number of hydrogen-bond acceptors (Lipinski definition) is 8. The lowest BCUT2D eigenvalue weighted by Crippen LogP contribution is -2.65. The summed E-state index contributed by atoms with van der Waals surface area (Å²) in [6.45, 7) is 10.1. The van der Waals surface area contributed by atoms with Crippen LogP contribution in [0, 0.1) is 23.2 Å². The second kappa shape index (κ2) is 12.1. The van der Waals surface area contributed by atoms with E-state index in [0.29, 0.717) is 11.5 Å². The van der Waals surface area contributed by atoms with E-state index in [9.17, 15) is 23.2 Å². The van der Waals surface area contributed by atoms with Crippen molar-refractivity contribution in [1.29, 1.82) is 0 Å². The maximum atomic E-state index is 13.5. The highest BCUT2D eigenvalue weighted by Crippen LogP contribution is 2.65. The normalized spacial score (nSPS) is 26.6. The largest absolute Gasteiger partial charge is 0.496 e. The van der Waals surface area contributed by atoms with Crippen molar-refractivity contribution in [1.82, 2.24) is 5.32 Å². The van der Waals surface area contributed by atoms with Crippen LogP contribution in [0.2, 0.25) is 0 Å². The number of amides is 1. The molecule has 0 radical (unpaired) electrons. The Balaban J connectivity index is 1.55. The second-order valence-corrected chi connectivity index (χ2v) is 13.0. The van der Waals surface area contributed by atoms with Crippen LogP contribution in [0.15, 0.2) is 18.2 Å². The van der Waals surface area contributed by atoms with Gasteiger partial charge in [0.1, 0.15) is 11.3 Å². The third-order valence-electron chi connectivity index (χ3n) is 9.26. The minimum atomic E-state index is -2.98. The molecule has 1 aromatic carbocycles. The fourth-order valence-electron chi connectivity index (χ4n) is 6.67. The summed E-state index contributed by atoms with van der Waals surface area (Å²) in [5.74, 6) is -4.92. The molecule has 0 aromatic heterocycles. The minimum absolute atomic E-state index is 0.0998. The molecular weight excluding hydrogens is 551 g/mol. The molecule has 5 unspecified atom stereocenters. The third-order valence-corrected chi connectivity index (χ3v) is 9.26. The maximum absolute atomic E-state index is 13.5. The van der Waals surface area contributed by atoms with E-state index < -0.39 is 55.6 Å². The van der Waals surface area contributed by atoms with E-state index in [1.807, 2.05) is 0 Å². The Morgan fingerprint density at radius 2 is 1.88 bits per heavy atom. The Labute approximate surface area is 246 Å². The van der Waals surface area contributed by atoms with Crippen LogP contribution in [0.3, 0.4) is 0 Å². The van der Waals surface area contributed by atoms with Gasteiger partial charge < -0.3 is 28.8 Å². The quantitative estimate of drug-likeness (QED) is 0.210. The number of esters is 2. The van der Waals surface area contributed by atoms with Crippen molar-refractivity contribution in [3.8, 4) is 5.75 Å². The van der Waals surface area contributed by atoms with Crippen LogP contribution in [0.25, 0.3) is 0 Å². The second-order valence-electron chi connectivity index (χ2n) is 13.0. The van der Waals surface area contributed by atoms with Gasteiger partial charge >= 0.3 is 19.1 Å². The van der Waals surface area contributed by atoms with Gasteiger partial charge in [-0.1, -0.05) is 39.8 Å². The van der Waals surface area contributed by atoms with Crippen molar-refractivity contribution in [2.45, 2.75) is 97.2 Å². The van der Waals surface area contributed by atoms with Crippen molar-refractivity contribution in [2.24, 2.45) is 23.2 Å². The molecule has 1 saturated heterocycles. The van der Waals surface area contributed by atoms with E-state index in [2.05, 4.69) is 26.1 Å². The van der Waals surface area contributed by atoms with Gasteiger partial charge in [0.25, 0.3) is 0 Å². The van der Waals surface area contributed by atoms with Gasteiger partial charge in [0.2, 0.25) is 18.6 Å². The van der Waals surface area contributed by atoms with E-state index >= 15 is 0 Å². The average molecular weight is 593 g/mol. The summed E-state index contributed by atoms with van der Waals surface area (Å²) in [7, 11) is 0.565. The monoisotopic (exact) mass is 593 g/mol. The predicted molar refractivity (Wildman–Crippen MR) is 150 cm³/mol. The van der Waals surface area contributed by atoms with E-state index in [1.54, 1.807) is 26.0 Å².